The van der Waals surface area contributed by atoms with Gasteiger partial charge in [0.2, 0.25) is 5.91 Å². The van der Waals surface area contributed by atoms with Crippen molar-refractivity contribution in [1.82, 2.24) is 5.32 Å². The highest BCUT2D eigenvalue weighted by molar-refractivity contribution is 5.76. The van der Waals surface area contributed by atoms with Gasteiger partial charge in [0.1, 0.15) is 0 Å². The molecular formula is C69H129NO5. The van der Waals surface area contributed by atoms with Gasteiger partial charge in [0.25, 0.3) is 0 Å². The van der Waals surface area contributed by atoms with E-state index in [9.17, 15) is 19.8 Å². The summed E-state index contributed by atoms with van der Waals surface area (Å²) in [5, 5.41) is 23.1. The molecule has 0 rings (SSSR count). The first-order valence-electron chi connectivity index (χ1n) is 33.4. The average molecular weight is 1050 g/mol. The molecule has 0 aromatic carbocycles. The van der Waals surface area contributed by atoms with E-state index in [1.807, 2.05) is 6.08 Å². The molecule has 0 saturated heterocycles. The van der Waals surface area contributed by atoms with E-state index in [1.54, 1.807) is 6.08 Å². The number of carbonyl (C=O) groups is 2. The number of allylic oxidation sites excluding steroid dienone is 7. The van der Waals surface area contributed by atoms with Gasteiger partial charge in [-0.2, -0.15) is 0 Å². The fourth-order valence-corrected chi connectivity index (χ4v) is 10.2. The van der Waals surface area contributed by atoms with Gasteiger partial charge in [-0.1, -0.05) is 306 Å². The normalized spacial score (nSPS) is 12.9. The highest BCUT2D eigenvalue weighted by Crippen LogP contribution is 2.18. The van der Waals surface area contributed by atoms with Gasteiger partial charge >= 0.3 is 5.97 Å². The first-order chi connectivity index (χ1) is 37.0. The number of unbranched alkanes of at least 4 members (excludes halogenated alkanes) is 45. The number of ether oxygens (including phenoxy) is 1. The van der Waals surface area contributed by atoms with Crippen molar-refractivity contribution in [1.29, 1.82) is 0 Å². The molecule has 6 heteroatoms. The fourth-order valence-electron chi connectivity index (χ4n) is 10.2. The molecule has 75 heavy (non-hydrogen) atoms. The monoisotopic (exact) mass is 1050 g/mol. The summed E-state index contributed by atoms with van der Waals surface area (Å²) in [6.45, 7) is 4.84. The number of hydrogen-bond donors (Lipinski definition) is 3. The van der Waals surface area contributed by atoms with Gasteiger partial charge in [-0.25, -0.2) is 0 Å². The highest BCUT2D eigenvalue weighted by atomic mass is 16.5. The third-order valence-corrected chi connectivity index (χ3v) is 15.3. The van der Waals surface area contributed by atoms with Gasteiger partial charge in [-0.15, -0.1) is 0 Å². The minimum Gasteiger partial charge on any atom is -0.466 e. The molecule has 0 radical (unpaired) electrons. The van der Waals surface area contributed by atoms with Crippen molar-refractivity contribution in [2.45, 2.75) is 366 Å². The molecule has 0 aliphatic carbocycles. The molecule has 2 unspecified atom stereocenters. The number of esters is 1. The maximum absolute atomic E-state index is 12.4. The number of nitrogens with one attached hydrogen (secondary N) is 1. The zero-order chi connectivity index (χ0) is 54.3. The van der Waals surface area contributed by atoms with Gasteiger partial charge in [0.15, 0.2) is 0 Å². The van der Waals surface area contributed by atoms with Crippen molar-refractivity contribution >= 4 is 11.9 Å². The Balaban J connectivity index is 3.35. The molecule has 1 amide bonds. The lowest BCUT2D eigenvalue weighted by Crippen LogP contribution is -2.45. The van der Waals surface area contributed by atoms with E-state index in [0.29, 0.717) is 19.4 Å². The summed E-state index contributed by atoms with van der Waals surface area (Å²) in [6, 6.07) is -0.625. The smallest absolute Gasteiger partial charge is 0.305 e. The van der Waals surface area contributed by atoms with E-state index < -0.39 is 12.1 Å². The van der Waals surface area contributed by atoms with E-state index >= 15 is 0 Å². The third kappa shape index (κ3) is 60.9. The van der Waals surface area contributed by atoms with E-state index in [1.165, 1.54) is 276 Å². The highest BCUT2D eigenvalue weighted by Gasteiger charge is 2.18. The Kier molecular flexibility index (Phi) is 62.5. The van der Waals surface area contributed by atoms with Crippen LogP contribution in [0.4, 0.5) is 0 Å². The van der Waals surface area contributed by atoms with Crippen molar-refractivity contribution in [3.63, 3.8) is 0 Å². The standard InChI is InChI=1S/C69H129NO5/c1-3-5-7-9-11-13-15-38-43-47-51-55-59-63-69(74)75-64-60-56-52-48-44-40-37-35-33-31-29-27-25-23-21-19-17-18-20-22-24-26-28-30-32-34-36-39-42-46-50-54-58-62-68(73)70-66(65-71)67(72)61-57-53-49-45-41-16-14-12-10-8-6-4-2/h7,9,13,15,21,23,57,61,66-67,71-72H,3-6,8,10-12,14,16-20,22,24-56,58-60,62-65H2,1-2H3,(H,70,73)/b9-7-,15-13-,23-21-,61-57+. The van der Waals surface area contributed by atoms with E-state index in [-0.39, 0.29) is 18.5 Å². The molecule has 0 fully saturated rings. The Labute approximate surface area is 467 Å². The van der Waals surface area contributed by atoms with Gasteiger partial charge in [-0.3, -0.25) is 9.59 Å². The minimum atomic E-state index is -0.841. The van der Waals surface area contributed by atoms with Crippen LogP contribution < -0.4 is 5.32 Å². The molecular weight excluding hydrogens is 923 g/mol. The lowest BCUT2D eigenvalue weighted by Gasteiger charge is -2.20. The molecule has 0 saturated carbocycles. The summed E-state index contributed by atoms with van der Waals surface area (Å²) in [7, 11) is 0. The number of carbonyl (C=O) groups excluding carboxylic acids is 2. The third-order valence-electron chi connectivity index (χ3n) is 15.3. The number of hydrogen-bond acceptors (Lipinski definition) is 5. The van der Waals surface area contributed by atoms with Gasteiger partial charge in [0, 0.05) is 12.8 Å². The Morgan fingerprint density at radius 1 is 0.373 bits per heavy atom. The van der Waals surface area contributed by atoms with Crippen LogP contribution in [-0.4, -0.2) is 47.4 Å². The van der Waals surface area contributed by atoms with Gasteiger partial charge in [0.05, 0.1) is 25.4 Å². The summed E-state index contributed by atoms with van der Waals surface area (Å²) in [4.78, 5) is 24.5. The van der Waals surface area contributed by atoms with Crippen molar-refractivity contribution in [2.24, 2.45) is 0 Å². The number of aliphatic hydroxyl groups excluding tert-OH is 2. The molecule has 0 aliphatic rings. The summed E-state index contributed by atoms with van der Waals surface area (Å²) in [5.41, 5.74) is 0. The molecule has 440 valence electrons. The Morgan fingerprint density at radius 2 is 0.693 bits per heavy atom. The number of rotatable bonds is 62. The molecule has 0 heterocycles. The fraction of sp³-hybridized carbons (Fsp3) is 0.855. The average Bonchev–Trinajstić information content (AvgIpc) is 3.41. The lowest BCUT2D eigenvalue weighted by molar-refractivity contribution is -0.143. The molecule has 0 bridgehead atoms. The van der Waals surface area contributed by atoms with Crippen LogP contribution in [-0.2, 0) is 14.3 Å². The predicted octanol–water partition coefficient (Wildman–Crippen LogP) is 21.3. The van der Waals surface area contributed by atoms with E-state index in [2.05, 4.69) is 55.6 Å². The summed E-state index contributed by atoms with van der Waals surface area (Å²) >= 11 is 0. The topological polar surface area (TPSA) is 95.9 Å². The van der Waals surface area contributed by atoms with Crippen molar-refractivity contribution < 1.29 is 24.5 Å². The van der Waals surface area contributed by atoms with E-state index in [0.717, 1.165) is 51.4 Å². The second kappa shape index (κ2) is 64.3. The molecule has 0 aliphatic heterocycles. The molecule has 0 aromatic rings. The van der Waals surface area contributed by atoms with Crippen molar-refractivity contribution in [2.75, 3.05) is 13.2 Å². The maximum atomic E-state index is 12.4. The predicted molar refractivity (Wildman–Crippen MR) is 329 cm³/mol. The Hall–Kier alpha value is -2.18. The summed E-state index contributed by atoms with van der Waals surface area (Å²) < 4.78 is 5.47. The van der Waals surface area contributed by atoms with Crippen LogP contribution in [0.2, 0.25) is 0 Å². The van der Waals surface area contributed by atoms with Crippen molar-refractivity contribution in [3.05, 3.63) is 48.6 Å². The van der Waals surface area contributed by atoms with E-state index in [4.69, 9.17) is 4.74 Å². The number of amides is 1. The van der Waals surface area contributed by atoms with Crippen LogP contribution in [0.15, 0.2) is 48.6 Å². The second-order valence-corrected chi connectivity index (χ2v) is 22.8. The first-order valence-corrected chi connectivity index (χ1v) is 33.4. The van der Waals surface area contributed by atoms with Crippen LogP contribution in [0.3, 0.4) is 0 Å². The zero-order valence-corrected chi connectivity index (χ0v) is 50.3. The quantitative estimate of drug-likeness (QED) is 0.0320. The van der Waals surface area contributed by atoms with Crippen LogP contribution in [0.1, 0.15) is 354 Å². The SMILES string of the molecule is CCC/C=C\C/C=C\CCCCCCCC(=O)OCCCCCCCCCCCCCC/C=C\CCCCCCCCCCCCCCCCCCCC(=O)NC(CO)C(O)/C=C/CCCCCCCCCCCC. The van der Waals surface area contributed by atoms with Gasteiger partial charge < -0.3 is 20.3 Å². The minimum absolute atomic E-state index is 0.00277. The molecule has 2 atom stereocenters. The lowest BCUT2D eigenvalue weighted by atomic mass is 10.0. The van der Waals surface area contributed by atoms with Crippen LogP contribution in [0.5, 0.6) is 0 Å². The van der Waals surface area contributed by atoms with Crippen LogP contribution in [0, 0.1) is 0 Å². The second-order valence-electron chi connectivity index (χ2n) is 22.8. The van der Waals surface area contributed by atoms with Crippen LogP contribution in [0.25, 0.3) is 0 Å². The summed E-state index contributed by atoms with van der Waals surface area (Å²) in [5.74, 6) is -0.0621. The molecule has 3 N–H and O–H groups in total. The maximum Gasteiger partial charge on any atom is 0.305 e. The zero-order valence-electron chi connectivity index (χ0n) is 50.3. The largest absolute Gasteiger partial charge is 0.466 e. The molecule has 0 spiro atoms. The Bertz CT molecular complexity index is 1260. The first kappa shape index (κ1) is 72.8. The number of aliphatic hydroxyl groups is 2. The van der Waals surface area contributed by atoms with Crippen LogP contribution >= 0.6 is 0 Å². The van der Waals surface area contributed by atoms with Gasteiger partial charge in [-0.05, 0) is 83.5 Å². The molecule has 0 aromatic heterocycles. The summed E-state index contributed by atoms with van der Waals surface area (Å²) in [6.07, 6.45) is 83.3. The van der Waals surface area contributed by atoms with Crippen molar-refractivity contribution in [3.8, 4) is 0 Å². The Morgan fingerprint density at radius 3 is 1.08 bits per heavy atom. The molecule has 6 nitrogen and oxygen atoms in total.